The maximum atomic E-state index is 12.3. The zero-order chi connectivity index (χ0) is 16.0. The van der Waals surface area contributed by atoms with Crippen molar-refractivity contribution < 1.29 is 22.3 Å². The van der Waals surface area contributed by atoms with Crippen molar-refractivity contribution in [3.63, 3.8) is 0 Å². The van der Waals surface area contributed by atoms with Crippen LogP contribution >= 0.6 is 11.6 Å². The molecule has 0 amide bonds. The van der Waals surface area contributed by atoms with Crippen molar-refractivity contribution >= 4 is 21.6 Å². The molecule has 4 nitrogen and oxygen atoms in total. The summed E-state index contributed by atoms with van der Waals surface area (Å²) in [5.74, 6) is 5.37. The summed E-state index contributed by atoms with van der Waals surface area (Å²) in [4.78, 5) is -0.250. The van der Waals surface area contributed by atoms with Gasteiger partial charge in [-0.3, -0.25) is 0 Å². The van der Waals surface area contributed by atoms with E-state index in [0.717, 1.165) is 7.05 Å². The number of hydrogen-bond donors (Lipinski definition) is 1. The summed E-state index contributed by atoms with van der Waals surface area (Å²) in [5, 5.41) is 8.52. The Bertz CT molecular complexity index is 653. The number of aliphatic hydroxyl groups is 1. The number of benzene rings is 1. The third-order valence-electron chi connectivity index (χ3n) is 2.48. The lowest BCUT2D eigenvalue weighted by atomic mass is 10.2. The van der Waals surface area contributed by atoms with E-state index in [1.807, 2.05) is 0 Å². The molecule has 0 saturated carbocycles. The molecule has 0 aliphatic carbocycles. The predicted octanol–water partition coefficient (Wildman–Crippen LogP) is 1.96. The summed E-state index contributed by atoms with van der Waals surface area (Å²) in [5.41, 5.74) is 0.476. The van der Waals surface area contributed by atoms with Crippen LogP contribution in [0, 0.1) is 11.8 Å². The molecule has 0 saturated heterocycles. The Morgan fingerprint density at radius 2 is 2.10 bits per heavy atom. The van der Waals surface area contributed by atoms with Crippen molar-refractivity contribution in [1.29, 1.82) is 0 Å². The normalized spacial score (nSPS) is 11.6. The number of sulfonamides is 1. The zero-order valence-corrected chi connectivity index (χ0v) is 12.8. The van der Waals surface area contributed by atoms with Gasteiger partial charge in [0.2, 0.25) is 10.0 Å². The average molecular weight is 338 g/mol. The molecule has 1 aromatic carbocycles. The van der Waals surface area contributed by atoms with Gasteiger partial charge in [-0.2, -0.15) is 4.31 Å². The zero-order valence-electron chi connectivity index (χ0n) is 11.2. The maximum absolute atomic E-state index is 12.3. The molecule has 0 aliphatic rings. The van der Waals surface area contributed by atoms with E-state index in [2.05, 4.69) is 11.8 Å². The van der Waals surface area contributed by atoms with Crippen LogP contribution in [0.1, 0.15) is 12.0 Å². The van der Waals surface area contributed by atoms with Crippen LogP contribution in [0.5, 0.6) is 0 Å². The van der Waals surface area contributed by atoms with Crippen LogP contribution in [0.25, 0.3) is 0 Å². The van der Waals surface area contributed by atoms with Crippen LogP contribution in [0.2, 0.25) is 5.02 Å². The van der Waals surface area contributed by atoms with Crippen LogP contribution in [-0.2, 0) is 10.0 Å². The van der Waals surface area contributed by atoms with Crippen LogP contribution in [0.4, 0.5) is 8.78 Å². The molecule has 0 heterocycles. The summed E-state index contributed by atoms with van der Waals surface area (Å²) in [6.07, 6.45) is -2.48. The fourth-order valence-corrected chi connectivity index (χ4v) is 3.13. The first-order valence-corrected chi connectivity index (χ1v) is 7.74. The van der Waals surface area contributed by atoms with Gasteiger partial charge < -0.3 is 5.11 Å². The quantitative estimate of drug-likeness (QED) is 0.836. The molecular weight excluding hydrogens is 324 g/mol. The van der Waals surface area contributed by atoms with Crippen LogP contribution < -0.4 is 0 Å². The Balaban J connectivity index is 3.07. The molecule has 0 spiro atoms. The maximum Gasteiger partial charge on any atom is 0.252 e. The van der Waals surface area contributed by atoms with Gasteiger partial charge in [-0.05, 0) is 18.2 Å². The lowest BCUT2D eigenvalue weighted by Gasteiger charge is -2.17. The SMILES string of the molecule is CN(CC(F)F)S(=O)(=O)c1ccc(C#CCCO)cc1Cl. The van der Waals surface area contributed by atoms with E-state index in [0.29, 0.717) is 9.87 Å². The third kappa shape index (κ3) is 4.93. The Labute approximate surface area is 127 Å². The second-order valence-corrected chi connectivity index (χ2v) is 6.52. The molecular formula is C13H14ClF2NO3S. The van der Waals surface area contributed by atoms with Crippen molar-refractivity contribution in [3.05, 3.63) is 28.8 Å². The Hall–Kier alpha value is -1.20. The molecule has 0 bridgehead atoms. The number of alkyl halides is 2. The van der Waals surface area contributed by atoms with Crippen molar-refractivity contribution in [2.24, 2.45) is 0 Å². The minimum atomic E-state index is -4.07. The second kappa shape index (κ2) is 7.71. The first-order chi connectivity index (χ1) is 9.78. The third-order valence-corrected chi connectivity index (χ3v) is 4.79. The first kappa shape index (κ1) is 17.9. The molecule has 0 radical (unpaired) electrons. The van der Waals surface area contributed by atoms with E-state index in [4.69, 9.17) is 16.7 Å². The van der Waals surface area contributed by atoms with Gasteiger partial charge >= 0.3 is 0 Å². The van der Waals surface area contributed by atoms with E-state index < -0.39 is 23.0 Å². The lowest BCUT2D eigenvalue weighted by Crippen LogP contribution is -2.31. The second-order valence-electron chi connectivity index (χ2n) is 4.10. The van der Waals surface area contributed by atoms with Gasteiger partial charge in [-0.25, -0.2) is 17.2 Å². The van der Waals surface area contributed by atoms with Gasteiger partial charge in [0.15, 0.2) is 0 Å². The number of halogens is 3. The van der Waals surface area contributed by atoms with Crippen LogP contribution in [-0.4, -0.2) is 44.5 Å². The number of nitrogens with zero attached hydrogens (tertiary/aromatic N) is 1. The molecule has 21 heavy (non-hydrogen) atoms. The topological polar surface area (TPSA) is 57.6 Å². The molecule has 116 valence electrons. The molecule has 0 unspecified atom stereocenters. The highest BCUT2D eigenvalue weighted by Gasteiger charge is 2.25. The van der Waals surface area contributed by atoms with Gasteiger partial charge in [0.1, 0.15) is 4.90 Å². The summed E-state index contributed by atoms with van der Waals surface area (Å²) in [7, 11) is -3.01. The average Bonchev–Trinajstić information content (AvgIpc) is 2.38. The van der Waals surface area contributed by atoms with Gasteiger partial charge in [0.25, 0.3) is 6.43 Å². The molecule has 0 atom stereocenters. The predicted molar refractivity (Wildman–Crippen MR) is 75.9 cm³/mol. The Morgan fingerprint density at radius 1 is 1.43 bits per heavy atom. The van der Waals surface area contributed by atoms with Gasteiger partial charge in [-0.1, -0.05) is 23.4 Å². The molecule has 1 aromatic rings. The standard InChI is InChI=1S/C13H14ClF2NO3S/c1-17(9-13(15)16)21(19,20)12-6-5-10(8-11(12)14)4-2-3-7-18/h5-6,8,13,18H,3,7,9H2,1H3. The fourth-order valence-electron chi connectivity index (χ4n) is 1.47. The molecule has 0 aliphatic heterocycles. The summed E-state index contributed by atoms with van der Waals surface area (Å²) < 4.78 is 49.3. The van der Waals surface area contributed by atoms with Crippen molar-refractivity contribution in [2.75, 3.05) is 20.2 Å². The van der Waals surface area contributed by atoms with E-state index in [1.165, 1.54) is 18.2 Å². The van der Waals surface area contributed by atoms with Gasteiger partial charge in [0, 0.05) is 19.0 Å². The van der Waals surface area contributed by atoms with E-state index in [9.17, 15) is 17.2 Å². The molecule has 8 heteroatoms. The lowest BCUT2D eigenvalue weighted by molar-refractivity contribution is 0.126. The molecule has 1 N–H and O–H groups in total. The highest BCUT2D eigenvalue weighted by Crippen LogP contribution is 2.25. The van der Waals surface area contributed by atoms with E-state index in [-0.39, 0.29) is 22.9 Å². The van der Waals surface area contributed by atoms with Gasteiger partial charge in [0.05, 0.1) is 18.2 Å². The molecule has 1 rings (SSSR count). The number of hydrogen-bond acceptors (Lipinski definition) is 3. The van der Waals surface area contributed by atoms with Crippen molar-refractivity contribution in [2.45, 2.75) is 17.7 Å². The largest absolute Gasteiger partial charge is 0.395 e. The molecule has 0 aromatic heterocycles. The van der Waals surface area contributed by atoms with E-state index in [1.54, 1.807) is 0 Å². The highest BCUT2D eigenvalue weighted by molar-refractivity contribution is 7.89. The van der Waals surface area contributed by atoms with Crippen molar-refractivity contribution in [1.82, 2.24) is 4.31 Å². The number of rotatable bonds is 5. The number of aliphatic hydroxyl groups excluding tert-OH is 1. The van der Waals surface area contributed by atoms with Crippen LogP contribution in [0.15, 0.2) is 23.1 Å². The van der Waals surface area contributed by atoms with Crippen molar-refractivity contribution in [3.8, 4) is 11.8 Å². The minimum Gasteiger partial charge on any atom is -0.395 e. The van der Waals surface area contributed by atoms with Gasteiger partial charge in [-0.15, -0.1) is 0 Å². The van der Waals surface area contributed by atoms with Crippen LogP contribution in [0.3, 0.4) is 0 Å². The molecule has 0 fully saturated rings. The monoisotopic (exact) mass is 337 g/mol. The summed E-state index contributed by atoms with van der Waals surface area (Å²) >= 11 is 5.90. The Kier molecular flexibility index (Phi) is 6.55. The fraction of sp³-hybridized carbons (Fsp3) is 0.385. The smallest absolute Gasteiger partial charge is 0.252 e. The van der Waals surface area contributed by atoms with E-state index >= 15 is 0 Å². The first-order valence-electron chi connectivity index (χ1n) is 5.92. The Morgan fingerprint density at radius 3 is 2.62 bits per heavy atom. The summed E-state index contributed by atoms with van der Waals surface area (Å²) in [6, 6.07) is 4.00. The minimum absolute atomic E-state index is 0.0778. The summed E-state index contributed by atoms with van der Waals surface area (Å²) in [6.45, 7) is -0.984. The highest BCUT2D eigenvalue weighted by atomic mass is 35.5.